The van der Waals surface area contributed by atoms with Gasteiger partial charge in [-0.25, -0.2) is 9.97 Å². The first-order valence-corrected chi connectivity index (χ1v) is 9.68. The third-order valence-electron chi connectivity index (χ3n) is 5.26. The monoisotopic (exact) mass is 378 g/mol. The zero-order valence-electron chi connectivity index (χ0n) is 16.1. The number of pyridine rings is 3. The van der Waals surface area contributed by atoms with Gasteiger partial charge in [-0.15, -0.1) is 0 Å². The van der Waals surface area contributed by atoms with Crippen molar-refractivity contribution in [3.05, 3.63) is 48.4 Å². The van der Waals surface area contributed by atoms with Crippen LogP contribution < -0.4 is 15.8 Å². The number of ether oxygens (including phenoxy) is 1. The molecule has 146 valence electrons. The van der Waals surface area contributed by atoms with Gasteiger partial charge in [-0.2, -0.15) is 0 Å². The Morgan fingerprint density at radius 3 is 2.75 bits per heavy atom. The molecular formula is C21H26N6O. The van der Waals surface area contributed by atoms with Crippen molar-refractivity contribution in [2.45, 2.75) is 19.4 Å². The molecule has 7 heteroatoms. The fraction of sp³-hybridized carbons (Fsp3) is 0.381. The van der Waals surface area contributed by atoms with Crippen LogP contribution in [0.3, 0.4) is 0 Å². The molecule has 4 rings (SSSR count). The van der Waals surface area contributed by atoms with E-state index in [0.29, 0.717) is 24.0 Å². The third-order valence-corrected chi connectivity index (χ3v) is 5.26. The van der Waals surface area contributed by atoms with E-state index in [1.165, 1.54) is 12.8 Å². The minimum atomic E-state index is 0.607. The van der Waals surface area contributed by atoms with E-state index in [1.807, 2.05) is 18.2 Å². The van der Waals surface area contributed by atoms with E-state index >= 15 is 0 Å². The summed E-state index contributed by atoms with van der Waals surface area (Å²) in [5.41, 5.74) is 8.58. The summed E-state index contributed by atoms with van der Waals surface area (Å²) in [5, 5.41) is 4.25. The molecule has 0 atom stereocenters. The van der Waals surface area contributed by atoms with Crippen molar-refractivity contribution >= 4 is 22.4 Å². The summed E-state index contributed by atoms with van der Waals surface area (Å²) in [6, 6.07) is 7.63. The lowest BCUT2D eigenvalue weighted by molar-refractivity contribution is 0.157. The number of nitrogens with zero attached hydrogens (tertiary/aromatic N) is 4. The van der Waals surface area contributed by atoms with Gasteiger partial charge in [0.05, 0.1) is 6.61 Å². The third kappa shape index (κ3) is 4.31. The Bertz CT molecular complexity index is 939. The van der Waals surface area contributed by atoms with Crippen molar-refractivity contribution < 1.29 is 4.74 Å². The average Bonchev–Trinajstić information content (AvgIpc) is 2.72. The van der Waals surface area contributed by atoms with Crippen molar-refractivity contribution in [3.63, 3.8) is 0 Å². The van der Waals surface area contributed by atoms with Crippen LogP contribution in [0, 0.1) is 5.92 Å². The number of piperidine rings is 1. The molecule has 0 radical (unpaired) electrons. The first kappa shape index (κ1) is 18.4. The largest absolute Gasteiger partial charge is 0.477 e. The van der Waals surface area contributed by atoms with Crippen LogP contribution in [0.15, 0.2) is 42.9 Å². The molecule has 3 aromatic heterocycles. The number of hydrogen-bond donors (Lipinski definition) is 2. The SMILES string of the molecule is CN1CCC(COc2cc(CNc3nccc4c(N)ccnc34)ccn2)CC1. The van der Waals surface area contributed by atoms with Crippen molar-refractivity contribution in [1.29, 1.82) is 0 Å². The Hall–Kier alpha value is -2.93. The van der Waals surface area contributed by atoms with Crippen molar-refractivity contribution in [2.24, 2.45) is 5.92 Å². The molecule has 28 heavy (non-hydrogen) atoms. The summed E-state index contributed by atoms with van der Waals surface area (Å²) in [4.78, 5) is 15.5. The summed E-state index contributed by atoms with van der Waals surface area (Å²) >= 11 is 0. The van der Waals surface area contributed by atoms with Gasteiger partial charge in [-0.3, -0.25) is 4.98 Å². The van der Waals surface area contributed by atoms with E-state index in [4.69, 9.17) is 10.5 Å². The number of fused-ring (bicyclic) bond motifs is 1. The Kier molecular flexibility index (Phi) is 5.53. The van der Waals surface area contributed by atoms with Gasteiger partial charge in [0.15, 0.2) is 5.82 Å². The highest BCUT2D eigenvalue weighted by molar-refractivity contribution is 5.95. The highest BCUT2D eigenvalue weighted by Crippen LogP contribution is 2.24. The molecule has 1 saturated heterocycles. The van der Waals surface area contributed by atoms with Crippen LogP contribution >= 0.6 is 0 Å². The predicted molar refractivity (Wildman–Crippen MR) is 111 cm³/mol. The van der Waals surface area contributed by atoms with Crippen LogP contribution in [0.4, 0.5) is 11.5 Å². The lowest BCUT2D eigenvalue weighted by Crippen LogP contribution is -2.32. The Morgan fingerprint density at radius 1 is 1.11 bits per heavy atom. The zero-order valence-corrected chi connectivity index (χ0v) is 16.1. The molecule has 3 aromatic rings. The summed E-state index contributed by atoms with van der Waals surface area (Å²) in [5.74, 6) is 2.00. The van der Waals surface area contributed by atoms with Gasteiger partial charge in [0.25, 0.3) is 0 Å². The van der Waals surface area contributed by atoms with Crippen LogP contribution in [0.2, 0.25) is 0 Å². The van der Waals surface area contributed by atoms with Gasteiger partial charge in [0, 0.05) is 42.3 Å². The lowest BCUT2D eigenvalue weighted by Gasteiger charge is -2.28. The van der Waals surface area contributed by atoms with Gasteiger partial charge in [0.1, 0.15) is 5.52 Å². The topological polar surface area (TPSA) is 89.2 Å². The molecule has 1 aliphatic heterocycles. The van der Waals surface area contributed by atoms with Gasteiger partial charge in [-0.05, 0) is 62.7 Å². The number of likely N-dealkylation sites (tertiary alicyclic amines) is 1. The van der Waals surface area contributed by atoms with E-state index in [2.05, 4.69) is 32.2 Å². The van der Waals surface area contributed by atoms with E-state index < -0.39 is 0 Å². The van der Waals surface area contributed by atoms with Crippen molar-refractivity contribution in [2.75, 3.05) is 37.8 Å². The molecule has 0 bridgehead atoms. The van der Waals surface area contributed by atoms with Crippen LogP contribution in [0.1, 0.15) is 18.4 Å². The Balaban J connectivity index is 1.38. The molecule has 3 N–H and O–H groups in total. The molecule has 0 aliphatic carbocycles. The molecule has 0 unspecified atom stereocenters. The summed E-state index contributed by atoms with van der Waals surface area (Å²) in [6.07, 6.45) is 7.59. The second-order valence-corrected chi connectivity index (χ2v) is 7.37. The predicted octanol–water partition coefficient (Wildman–Crippen LogP) is 2.94. The van der Waals surface area contributed by atoms with E-state index in [1.54, 1.807) is 24.7 Å². The highest BCUT2D eigenvalue weighted by atomic mass is 16.5. The fourth-order valence-electron chi connectivity index (χ4n) is 3.49. The molecule has 0 spiro atoms. The Labute approximate surface area is 165 Å². The smallest absolute Gasteiger partial charge is 0.213 e. The minimum absolute atomic E-state index is 0.607. The fourth-order valence-corrected chi connectivity index (χ4v) is 3.49. The molecule has 0 aromatic carbocycles. The van der Waals surface area contributed by atoms with Gasteiger partial charge in [0.2, 0.25) is 5.88 Å². The number of anilines is 2. The molecule has 0 amide bonds. The molecule has 0 saturated carbocycles. The first-order valence-electron chi connectivity index (χ1n) is 9.68. The lowest BCUT2D eigenvalue weighted by atomic mass is 9.98. The standard InChI is InChI=1S/C21H26N6O/c1-27-10-5-15(6-11-27)14-28-19-12-16(2-7-23-19)13-26-21-20-17(3-8-25-21)18(22)4-9-24-20/h2-4,7-9,12,15H,5-6,10-11,13-14H2,1H3,(H2,22,24)(H,25,26). The number of hydrogen-bond acceptors (Lipinski definition) is 7. The summed E-state index contributed by atoms with van der Waals surface area (Å²) in [7, 11) is 2.17. The van der Waals surface area contributed by atoms with E-state index in [0.717, 1.165) is 42.0 Å². The molecule has 7 nitrogen and oxygen atoms in total. The quantitative estimate of drug-likeness (QED) is 0.682. The minimum Gasteiger partial charge on any atom is -0.477 e. The van der Waals surface area contributed by atoms with Crippen molar-refractivity contribution in [3.8, 4) is 5.88 Å². The second kappa shape index (κ2) is 8.39. The van der Waals surface area contributed by atoms with E-state index in [-0.39, 0.29) is 0 Å². The molecular weight excluding hydrogens is 352 g/mol. The number of nitrogens with two attached hydrogens (primary N) is 1. The van der Waals surface area contributed by atoms with Crippen LogP contribution in [-0.2, 0) is 6.54 Å². The maximum absolute atomic E-state index is 6.03. The average molecular weight is 378 g/mol. The summed E-state index contributed by atoms with van der Waals surface area (Å²) < 4.78 is 5.96. The first-order chi connectivity index (χ1) is 13.7. The van der Waals surface area contributed by atoms with Crippen LogP contribution in [-0.4, -0.2) is 46.6 Å². The number of aromatic nitrogens is 3. The maximum atomic E-state index is 6.03. The van der Waals surface area contributed by atoms with Crippen LogP contribution in [0.25, 0.3) is 10.9 Å². The normalized spacial score (nSPS) is 15.6. The summed E-state index contributed by atoms with van der Waals surface area (Å²) in [6.45, 7) is 3.62. The van der Waals surface area contributed by atoms with Gasteiger partial charge in [-0.1, -0.05) is 0 Å². The van der Waals surface area contributed by atoms with Crippen LogP contribution in [0.5, 0.6) is 5.88 Å². The highest BCUT2D eigenvalue weighted by Gasteiger charge is 2.17. The Morgan fingerprint density at radius 2 is 1.89 bits per heavy atom. The zero-order chi connectivity index (χ0) is 19.3. The molecule has 1 fully saturated rings. The number of nitrogen functional groups attached to an aromatic ring is 1. The number of nitrogens with one attached hydrogen (secondary N) is 1. The molecule has 1 aliphatic rings. The van der Waals surface area contributed by atoms with Crippen molar-refractivity contribution in [1.82, 2.24) is 19.9 Å². The number of rotatable bonds is 6. The molecule has 4 heterocycles. The van der Waals surface area contributed by atoms with E-state index in [9.17, 15) is 0 Å². The maximum Gasteiger partial charge on any atom is 0.213 e. The van der Waals surface area contributed by atoms with Gasteiger partial charge < -0.3 is 20.7 Å². The second-order valence-electron chi connectivity index (χ2n) is 7.37. The van der Waals surface area contributed by atoms with Gasteiger partial charge >= 0.3 is 0 Å².